The standard InChI is InChI=1S/C16H15ClFNO/c1-20-15-9-11(2-5-14(15)17)16(19)7-6-10-8-12(18)3-4-13(10)16/h2-5,8-9H,6-7,19H2,1H3. The second-order valence-corrected chi connectivity index (χ2v) is 5.53. The van der Waals surface area contributed by atoms with Gasteiger partial charge in [0.25, 0.3) is 0 Å². The molecule has 0 bridgehead atoms. The van der Waals surface area contributed by atoms with Gasteiger partial charge in [-0.3, -0.25) is 0 Å². The molecule has 0 amide bonds. The molecule has 0 saturated heterocycles. The number of nitrogens with two attached hydrogens (primary N) is 1. The molecular formula is C16H15ClFNO. The van der Waals surface area contributed by atoms with Crippen LogP contribution in [0.25, 0.3) is 0 Å². The van der Waals surface area contributed by atoms with Gasteiger partial charge in [0.15, 0.2) is 0 Å². The van der Waals surface area contributed by atoms with E-state index >= 15 is 0 Å². The summed E-state index contributed by atoms with van der Waals surface area (Å²) in [7, 11) is 1.58. The van der Waals surface area contributed by atoms with Crippen LogP contribution in [0, 0.1) is 5.82 Å². The zero-order valence-electron chi connectivity index (χ0n) is 11.1. The Balaban J connectivity index is 2.11. The molecule has 0 heterocycles. The average molecular weight is 292 g/mol. The lowest BCUT2D eigenvalue weighted by Crippen LogP contribution is -2.35. The monoisotopic (exact) mass is 291 g/mol. The molecule has 1 aliphatic rings. The van der Waals surface area contributed by atoms with Crippen LogP contribution in [0.1, 0.15) is 23.1 Å². The summed E-state index contributed by atoms with van der Waals surface area (Å²) in [6.07, 6.45) is 1.52. The summed E-state index contributed by atoms with van der Waals surface area (Å²) >= 11 is 6.05. The lowest BCUT2D eigenvalue weighted by molar-refractivity contribution is 0.412. The Labute approximate surface area is 122 Å². The number of halogens is 2. The molecule has 0 aliphatic heterocycles. The van der Waals surface area contributed by atoms with Crippen LogP contribution in [0.2, 0.25) is 5.02 Å². The van der Waals surface area contributed by atoms with Crippen molar-refractivity contribution in [1.82, 2.24) is 0 Å². The van der Waals surface area contributed by atoms with E-state index in [2.05, 4.69) is 0 Å². The summed E-state index contributed by atoms with van der Waals surface area (Å²) < 4.78 is 18.6. The normalized spacial score (nSPS) is 20.8. The SMILES string of the molecule is COc1cc(C2(N)CCc3cc(F)ccc32)ccc1Cl. The lowest BCUT2D eigenvalue weighted by Gasteiger charge is -2.26. The first-order chi connectivity index (χ1) is 9.54. The average Bonchev–Trinajstić information content (AvgIpc) is 2.77. The van der Waals surface area contributed by atoms with Gasteiger partial charge in [-0.1, -0.05) is 23.7 Å². The smallest absolute Gasteiger partial charge is 0.137 e. The highest BCUT2D eigenvalue weighted by Gasteiger charge is 2.37. The van der Waals surface area contributed by atoms with Crippen LogP contribution in [0.15, 0.2) is 36.4 Å². The molecule has 20 heavy (non-hydrogen) atoms. The Morgan fingerprint density at radius 3 is 2.80 bits per heavy atom. The Hall–Kier alpha value is -1.58. The minimum atomic E-state index is -0.610. The molecule has 0 spiro atoms. The van der Waals surface area contributed by atoms with Crippen LogP contribution in [0.3, 0.4) is 0 Å². The summed E-state index contributed by atoms with van der Waals surface area (Å²) in [5.74, 6) is 0.381. The van der Waals surface area contributed by atoms with Gasteiger partial charge in [-0.05, 0) is 53.8 Å². The molecule has 104 valence electrons. The first kappa shape index (κ1) is 13.4. The fraction of sp³-hybridized carbons (Fsp3) is 0.250. The molecule has 2 aromatic carbocycles. The van der Waals surface area contributed by atoms with Crippen molar-refractivity contribution in [1.29, 1.82) is 0 Å². The van der Waals surface area contributed by atoms with E-state index in [9.17, 15) is 4.39 Å². The van der Waals surface area contributed by atoms with E-state index in [1.54, 1.807) is 25.3 Å². The van der Waals surface area contributed by atoms with Crippen molar-refractivity contribution >= 4 is 11.6 Å². The molecule has 0 radical (unpaired) electrons. The summed E-state index contributed by atoms with van der Waals surface area (Å²) in [5, 5.41) is 0.553. The second-order valence-electron chi connectivity index (χ2n) is 5.12. The number of hydrogen-bond acceptors (Lipinski definition) is 2. The largest absolute Gasteiger partial charge is 0.495 e. The molecule has 0 aromatic heterocycles. The molecule has 2 aromatic rings. The van der Waals surface area contributed by atoms with E-state index < -0.39 is 5.54 Å². The van der Waals surface area contributed by atoms with Gasteiger partial charge >= 0.3 is 0 Å². The Morgan fingerprint density at radius 2 is 2.05 bits per heavy atom. The van der Waals surface area contributed by atoms with Crippen molar-refractivity contribution in [2.45, 2.75) is 18.4 Å². The minimum absolute atomic E-state index is 0.221. The van der Waals surface area contributed by atoms with Crippen molar-refractivity contribution in [2.75, 3.05) is 7.11 Å². The van der Waals surface area contributed by atoms with Gasteiger partial charge in [0.05, 0.1) is 17.7 Å². The van der Waals surface area contributed by atoms with E-state index in [0.29, 0.717) is 10.8 Å². The van der Waals surface area contributed by atoms with Crippen LogP contribution in [-0.4, -0.2) is 7.11 Å². The number of benzene rings is 2. The first-order valence-electron chi connectivity index (χ1n) is 6.46. The fourth-order valence-corrected chi connectivity index (χ4v) is 3.10. The van der Waals surface area contributed by atoms with Crippen molar-refractivity contribution in [3.8, 4) is 5.75 Å². The molecule has 1 unspecified atom stereocenters. The molecule has 3 rings (SSSR count). The van der Waals surface area contributed by atoms with Gasteiger partial charge < -0.3 is 10.5 Å². The van der Waals surface area contributed by atoms with E-state index in [-0.39, 0.29) is 5.82 Å². The molecular weight excluding hydrogens is 277 g/mol. The van der Waals surface area contributed by atoms with Crippen LogP contribution < -0.4 is 10.5 Å². The Kier molecular flexibility index (Phi) is 3.19. The summed E-state index contributed by atoms with van der Waals surface area (Å²) in [5.41, 5.74) is 8.87. The van der Waals surface area contributed by atoms with Crippen LogP contribution >= 0.6 is 11.6 Å². The van der Waals surface area contributed by atoms with Crippen LogP contribution in [-0.2, 0) is 12.0 Å². The highest BCUT2D eigenvalue weighted by atomic mass is 35.5. The third-order valence-corrected chi connectivity index (χ3v) is 4.32. The van der Waals surface area contributed by atoms with Crippen molar-refractivity contribution in [3.05, 3.63) is 63.9 Å². The van der Waals surface area contributed by atoms with E-state index in [0.717, 1.165) is 29.5 Å². The minimum Gasteiger partial charge on any atom is -0.495 e. The van der Waals surface area contributed by atoms with Gasteiger partial charge in [0.2, 0.25) is 0 Å². The molecule has 0 fully saturated rings. The van der Waals surface area contributed by atoms with Gasteiger partial charge in [0.1, 0.15) is 11.6 Å². The second kappa shape index (κ2) is 4.76. The number of fused-ring (bicyclic) bond motifs is 1. The predicted molar refractivity (Wildman–Crippen MR) is 77.7 cm³/mol. The summed E-state index contributed by atoms with van der Waals surface area (Å²) in [4.78, 5) is 0. The number of aryl methyl sites for hydroxylation is 1. The van der Waals surface area contributed by atoms with Gasteiger partial charge in [-0.15, -0.1) is 0 Å². The summed E-state index contributed by atoms with van der Waals surface area (Å²) in [6, 6.07) is 10.4. The lowest BCUT2D eigenvalue weighted by atomic mass is 9.85. The topological polar surface area (TPSA) is 35.2 Å². The molecule has 2 nitrogen and oxygen atoms in total. The number of hydrogen-bond donors (Lipinski definition) is 1. The highest BCUT2D eigenvalue weighted by Crippen LogP contribution is 2.42. The van der Waals surface area contributed by atoms with Crippen molar-refractivity contribution < 1.29 is 9.13 Å². The summed E-state index contributed by atoms with van der Waals surface area (Å²) in [6.45, 7) is 0. The number of rotatable bonds is 2. The quantitative estimate of drug-likeness (QED) is 0.917. The highest BCUT2D eigenvalue weighted by molar-refractivity contribution is 6.32. The van der Waals surface area contributed by atoms with E-state index in [1.807, 2.05) is 12.1 Å². The Morgan fingerprint density at radius 1 is 1.25 bits per heavy atom. The van der Waals surface area contributed by atoms with E-state index in [1.165, 1.54) is 6.07 Å². The van der Waals surface area contributed by atoms with Gasteiger partial charge in [0, 0.05) is 0 Å². The molecule has 1 aliphatic carbocycles. The zero-order valence-corrected chi connectivity index (χ0v) is 11.9. The van der Waals surface area contributed by atoms with Gasteiger partial charge in [-0.2, -0.15) is 0 Å². The maximum atomic E-state index is 13.3. The molecule has 1 atom stereocenters. The fourth-order valence-electron chi connectivity index (χ4n) is 2.91. The van der Waals surface area contributed by atoms with Crippen LogP contribution in [0.5, 0.6) is 5.75 Å². The number of methoxy groups -OCH3 is 1. The Bertz CT molecular complexity index is 674. The zero-order chi connectivity index (χ0) is 14.3. The van der Waals surface area contributed by atoms with Crippen LogP contribution in [0.4, 0.5) is 4.39 Å². The first-order valence-corrected chi connectivity index (χ1v) is 6.84. The number of ether oxygens (including phenoxy) is 1. The molecule has 0 saturated carbocycles. The third-order valence-electron chi connectivity index (χ3n) is 4.00. The molecule has 4 heteroatoms. The van der Waals surface area contributed by atoms with E-state index in [4.69, 9.17) is 22.1 Å². The van der Waals surface area contributed by atoms with Crippen molar-refractivity contribution in [3.63, 3.8) is 0 Å². The maximum absolute atomic E-state index is 13.3. The maximum Gasteiger partial charge on any atom is 0.137 e. The molecule has 2 N–H and O–H groups in total. The van der Waals surface area contributed by atoms with Gasteiger partial charge in [-0.25, -0.2) is 4.39 Å². The van der Waals surface area contributed by atoms with Crippen molar-refractivity contribution in [2.24, 2.45) is 5.73 Å². The predicted octanol–water partition coefficient (Wildman–Crippen LogP) is 3.64. The third kappa shape index (κ3) is 1.98.